The molecule has 0 aliphatic carbocycles. The van der Waals surface area contributed by atoms with Gasteiger partial charge in [-0.3, -0.25) is 0 Å². The van der Waals surface area contributed by atoms with Crippen LogP contribution in [-0.2, 0) is 0 Å². The summed E-state index contributed by atoms with van der Waals surface area (Å²) < 4.78 is 5.70. The quantitative estimate of drug-likeness (QED) is 0.478. The van der Waals surface area contributed by atoms with Gasteiger partial charge in [0.1, 0.15) is 11.9 Å². The zero-order chi connectivity index (χ0) is 9.26. The van der Waals surface area contributed by atoms with Gasteiger partial charge in [0.15, 0.2) is 5.52 Å². The van der Waals surface area contributed by atoms with E-state index in [9.17, 15) is 5.21 Å². The number of aromatic nitrogens is 2. The molecule has 0 aliphatic heterocycles. The lowest BCUT2D eigenvalue weighted by Gasteiger charge is -2.01. The Morgan fingerprint density at radius 1 is 1.46 bits per heavy atom. The van der Waals surface area contributed by atoms with E-state index in [-0.39, 0.29) is 0 Å². The van der Waals surface area contributed by atoms with Gasteiger partial charge in [-0.1, -0.05) is 0 Å². The van der Waals surface area contributed by atoms with Crippen LogP contribution in [0.1, 0.15) is 0 Å². The number of ether oxygens (including phenoxy) is 1. The summed E-state index contributed by atoms with van der Waals surface area (Å²) in [7, 11) is 1.60. The average molecular weight is 176 g/mol. The lowest BCUT2D eigenvalue weighted by Crippen LogP contribution is -2.24. The van der Waals surface area contributed by atoms with Gasteiger partial charge in [-0.05, 0) is 17.1 Å². The Hall–Kier alpha value is -1.84. The van der Waals surface area contributed by atoms with Crippen LogP contribution in [0.25, 0.3) is 10.9 Å². The maximum atomic E-state index is 10.9. The molecule has 0 saturated carbocycles. The molecule has 0 bridgehead atoms. The summed E-state index contributed by atoms with van der Waals surface area (Å²) in [6.45, 7) is 0. The molecule has 0 unspecified atom stereocenters. The molecule has 0 aliphatic rings. The molecule has 0 N–H and O–H groups in total. The van der Waals surface area contributed by atoms with Gasteiger partial charge in [0.2, 0.25) is 0 Å². The molecule has 2 aromatic rings. The third-order valence-corrected chi connectivity index (χ3v) is 1.81. The normalized spacial score (nSPS) is 10.2. The second-order valence-corrected chi connectivity index (χ2v) is 2.66. The van der Waals surface area contributed by atoms with Crippen LogP contribution in [0.15, 0.2) is 30.7 Å². The predicted molar refractivity (Wildman–Crippen MR) is 47.3 cm³/mol. The highest BCUT2D eigenvalue weighted by Crippen LogP contribution is 2.16. The van der Waals surface area contributed by atoms with Crippen molar-refractivity contribution in [3.8, 4) is 5.75 Å². The summed E-state index contributed by atoms with van der Waals surface area (Å²) in [6.07, 6.45) is 2.70. The van der Waals surface area contributed by atoms with Gasteiger partial charge in [0.05, 0.1) is 12.5 Å². The van der Waals surface area contributed by atoms with E-state index in [0.29, 0.717) is 4.73 Å². The summed E-state index contributed by atoms with van der Waals surface area (Å²) >= 11 is 0. The summed E-state index contributed by atoms with van der Waals surface area (Å²) in [5.41, 5.74) is 0.756. The Labute approximate surface area is 75.0 Å². The molecule has 2 rings (SSSR count). The maximum Gasteiger partial charge on any atom is 0.289 e. The zero-order valence-corrected chi connectivity index (χ0v) is 7.10. The van der Waals surface area contributed by atoms with Crippen molar-refractivity contribution in [1.82, 2.24) is 4.98 Å². The van der Waals surface area contributed by atoms with Gasteiger partial charge >= 0.3 is 0 Å². The number of rotatable bonds is 1. The van der Waals surface area contributed by atoms with Gasteiger partial charge in [-0.2, -0.15) is 0 Å². The SMILES string of the molecule is COc1ccc2c[n+]([O-])cnc2c1. The second kappa shape index (κ2) is 2.90. The minimum atomic E-state index is 0.675. The topological polar surface area (TPSA) is 49.1 Å². The molecule has 0 amide bonds. The fourth-order valence-corrected chi connectivity index (χ4v) is 1.16. The third kappa shape index (κ3) is 1.38. The summed E-state index contributed by atoms with van der Waals surface area (Å²) in [5, 5.41) is 11.7. The first-order chi connectivity index (χ1) is 6.29. The first-order valence-corrected chi connectivity index (χ1v) is 3.82. The van der Waals surface area contributed by atoms with Gasteiger partial charge in [0.25, 0.3) is 6.33 Å². The highest BCUT2D eigenvalue weighted by molar-refractivity contribution is 5.78. The molecule has 0 fully saturated rings. The van der Waals surface area contributed by atoms with Crippen LogP contribution < -0.4 is 9.47 Å². The number of nitrogens with zero attached hydrogens (tertiary/aromatic N) is 2. The van der Waals surface area contributed by atoms with Gasteiger partial charge < -0.3 is 9.94 Å². The van der Waals surface area contributed by atoms with E-state index in [1.165, 1.54) is 12.5 Å². The standard InChI is InChI=1S/C9H8N2O2/c1-13-8-3-2-7-5-11(12)6-10-9(7)4-8/h2-6H,1H3. The van der Waals surface area contributed by atoms with Crippen molar-refractivity contribution in [2.24, 2.45) is 0 Å². The van der Waals surface area contributed by atoms with Gasteiger partial charge in [-0.15, -0.1) is 0 Å². The molecule has 0 spiro atoms. The Balaban J connectivity index is 2.66. The van der Waals surface area contributed by atoms with E-state index in [1.54, 1.807) is 25.3 Å². The highest BCUT2D eigenvalue weighted by atomic mass is 16.5. The van der Waals surface area contributed by atoms with Crippen LogP contribution in [0.2, 0.25) is 0 Å². The maximum absolute atomic E-state index is 10.9. The molecule has 4 nitrogen and oxygen atoms in total. The Bertz CT molecular complexity index is 443. The van der Waals surface area contributed by atoms with Crippen molar-refractivity contribution in [3.63, 3.8) is 0 Å². The van der Waals surface area contributed by atoms with Crippen LogP contribution in [0.4, 0.5) is 0 Å². The number of hydrogen-bond donors (Lipinski definition) is 0. The zero-order valence-electron chi connectivity index (χ0n) is 7.10. The molecular weight excluding hydrogens is 168 g/mol. The average Bonchev–Trinajstić information content (AvgIpc) is 2.17. The van der Waals surface area contributed by atoms with Crippen LogP contribution in [-0.4, -0.2) is 12.1 Å². The first kappa shape index (κ1) is 7.79. The van der Waals surface area contributed by atoms with E-state index < -0.39 is 0 Å². The Morgan fingerprint density at radius 2 is 2.31 bits per heavy atom. The van der Waals surface area contributed by atoms with Crippen LogP contribution >= 0.6 is 0 Å². The minimum absolute atomic E-state index is 0.675. The largest absolute Gasteiger partial charge is 0.711 e. The summed E-state index contributed by atoms with van der Waals surface area (Å²) in [6, 6.07) is 5.38. The van der Waals surface area contributed by atoms with E-state index in [0.717, 1.165) is 16.7 Å². The Kier molecular flexibility index (Phi) is 1.73. The molecule has 1 aromatic carbocycles. The number of fused-ring (bicyclic) bond motifs is 1. The molecule has 13 heavy (non-hydrogen) atoms. The number of hydrogen-bond acceptors (Lipinski definition) is 3. The van der Waals surface area contributed by atoms with E-state index in [2.05, 4.69) is 4.98 Å². The molecule has 1 aromatic heterocycles. The number of methoxy groups -OCH3 is 1. The lowest BCUT2D eigenvalue weighted by atomic mass is 10.2. The number of benzene rings is 1. The van der Waals surface area contributed by atoms with Gasteiger partial charge in [-0.25, -0.2) is 4.73 Å². The van der Waals surface area contributed by atoms with Crippen molar-refractivity contribution in [2.75, 3.05) is 7.11 Å². The van der Waals surface area contributed by atoms with Crippen LogP contribution in [0.5, 0.6) is 5.75 Å². The second-order valence-electron chi connectivity index (χ2n) is 2.66. The molecule has 0 atom stereocenters. The first-order valence-electron chi connectivity index (χ1n) is 3.82. The highest BCUT2D eigenvalue weighted by Gasteiger charge is 2.02. The van der Waals surface area contributed by atoms with Crippen molar-refractivity contribution in [3.05, 3.63) is 35.9 Å². The fraction of sp³-hybridized carbons (Fsp3) is 0.111. The third-order valence-electron chi connectivity index (χ3n) is 1.81. The van der Waals surface area contributed by atoms with Gasteiger partial charge in [0, 0.05) is 6.07 Å². The Morgan fingerprint density at radius 3 is 3.08 bits per heavy atom. The molecular formula is C9H8N2O2. The van der Waals surface area contributed by atoms with Crippen molar-refractivity contribution in [2.45, 2.75) is 0 Å². The minimum Gasteiger partial charge on any atom is -0.711 e. The van der Waals surface area contributed by atoms with E-state index in [4.69, 9.17) is 4.74 Å². The van der Waals surface area contributed by atoms with Crippen molar-refractivity contribution < 1.29 is 9.47 Å². The summed E-state index contributed by atoms with van der Waals surface area (Å²) in [4.78, 5) is 3.96. The van der Waals surface area contributed by atoms with E-state index in [1.807, 2.05) is 0 Å². The van der Waals surface area contributed by atoms with Crippen molar-refractivity contribution >= 4 is 10.9 Å². The lowest BCUT2D eigenvalue weighted by molar-refractivity contribution is -0.607. The van der Waals surface area contributed by atoms with E-state index >= 15 is 0 Å². The summed E-state index contributed by atoms with van der Waals surface area (Å²) in [5.74, 6) is 0.739. The molecule has 4 heteroatoms. The monoisotopic (exact) mass is 176 g/mol. The van der Waals surface area contributed by atoms with Crippen LogP contribution in [0.3, 0.4) is 0 Å². The molecule has 0 saturated heterocycles. The molecule has 1 heterocycles. The van der Waals surface area contributed by atoms with Crippen molar-refractivity contribution in [1.29, 1.82) is 0 Å². The molecule has 0 radical (unpaired) electrons. The predicted octanol–water partition coefficient (Wildman–Crippen LogP) is 0.877. The van der Waals surface area contributed by atoms with Crippen LogP contribution in [0, 0.1) is 5.21 Å². The smallest absolute Gasteiger partial charge is 0.289 e. The fourth-order valence-electron chi connectivity index (χ4n) is 1.16. The molecule has 66 valence electrons.